The number of hydrogen-bond donors (Lipinski definition) is 1. The summed E-state index contributed by atoms with van der Waals surface area (Å²) in [4.78, 5) is 15.1. The van der Waals surface area contributed by atoms with Crippen LogP contribution in [0.2, 0.25) is 0 Å². The van der Waals surface area contributed by atoms with Crippen molar-refractivity contribution in [3.8, 4) is 0 Å². The predicted molar refractivity (Wildman–Crippen MR) is 101 cm³/mol. The van der Waals surface area contributed by atoms with Crippen molar-refractivity contribution >= 4 is 29.0 Å². The number of rotatable bonds is 6. The smallest absolute Gasteiger partial charge is 0.252 e. The normalized spacial score (nSPS) is 16.7. The lowest BCUT2D eigenvalue weighted by Crippen LogP contribution is -2.44. The molecule has 1 aromatic heterocycles. The fourth-order valence-electron chi connectivity index (χ4n) is 3.13. The average molecular weight is 362 g/mol. The molecule has 0 spiro atoms. The van der Waals surface area contributed by atoms with E-state index in [9.17, 15) is 4.79 Å². The first-order chi connectivity index (χ1) is 11.7. The maximum Gasteiger partial charge on any atom is 0.252 e. The zero-order valence-corrected chi connectivity index (χ0v) is 15.6. The van der Waals surface area contributed by atoms with E-state index in [4.69, 9.17) is 4.74 Å². The molecule has 1 amide bonds. The minimum Gasteiger partial charge on any atom is -0.381 e. The highest BCUT2D eigenvalue weighted by atomic mass is 32.2. The van der Waals surface area contributed by atoms with Gasteiger partial charge in [-0.2, -0.15) is 0 Å². The van der Waals surface area contributed by atoms with Crippen molar-refractivity contribution in [2.24, 2.45) is 0 Å². The second-order valence-electron chi connectivity index (χ2n) is 5.98. The van der Waals surface area contributed by atoms with Gasteiger partial charge >= 0.3 is 0 Å². The van der Waals surface area contributed by atoms with Gasteiger partial charge in [0.1, 0.15) is 0 Å². The molecule has 0 saturated carbocycles. The van der Waals surface area contributed by atoms with Gasteiger partial charge in [0.25, 0.3) is 5.91 Å². The number of carbonyl (C=O) groups excluding carboxylic acids is 1. The first kappa shape index (κ1) is 17.5. The number of carbonyl (C=O) groups is 1. The zero-order valence-electron chi connectivity index (χ0n) is 13.9. The highest BCUT2D eigenvalue weighted by Crippen LogP contribution is 2.37. The molecule has 2 aromatic rings. The first-order valence-corrected chi connectivity index (χ1v) is 10.2. The number of ether oxygens (including phenoxy) is 1. The molecule has 1 fully saturated rings. The second kappa shape index (κ2) is 8.19. The van der Waals surface area contributed by atoms with Crippen LogP contribution >= 0.6 is 23.1 Å². The standard InChI is InChI=1S/C19H23NO2S2/c1-2-23-16-7-4-3-6-15(16)18(21)20-14-19(9-11-22-12-10-19)17-8-5-13-24-17/h3-8,13H,2,9-12,14H2,1H3,(H,20,21). The summed E-state index contributed by atoms with van der Waals surface area (Å²) in [5.74, 6) is 0.981. The van der Waals surface area contributed by atoms with Gasteiger partial charge in [-0.1, -0.05) is 25.1 Å². The number of hydrogen-bond acceptors (Lipinski definition) is 4. The van der Waals surface area contributed by atoms with Crippen LogP contribution in [-0.4, -0.2) is 31.4 Å². The van der Waals surface area contributed by atoms with E-state index in [2.05, 4.69) is 29.8 Å². The largest absolute Gasteiger partial charge is 0.381 e. The molecule has 1 saturated heterocycles. The number of benzene rings is 1. The van der Waals surface area contributed by atoms with Gasteiger partial charge in [-0.05, 0) is 42.2 Å². The van der Waals surface area contributed by atoms with E-state index in [1.165, 1.54) is 4.88 Å². The van der Waals surface area contributed by atoms with Crippen LogP contribution < -0.4 is 5.32 Å². The molecular formula is C19H23NO2S2. The SMILES string of the molecule is CCSc1ccccc1C(=O)NCC1(c2cccs2)CCOCC1. The maximum absolute atomic E-state index is 12.7. The summed E-state index contributed by atoms with van der Waals surface area (Å²) >= 11 is 3.49. The van der Waals surface area contributed by atoms with Crippen LogP contribution in [0.15, 0.2) is 46.7 Å². The van der Waals surface area contributed by atoms with Crippen molar-refractivity contribution in [3.05, 3.63) is 52.2 Å². The van der Waals surface area contributed by atoms with Crippen LogP contribution in [0.1, 0.15) is 35.0 Å². The first-order valence-electron chi connectivity index (χ1n) is 8.37. The van der Waals surface area contributed by atoms with Crippen molar-refractivity contribution in [1.82, 2.24) is 5.32 Å². The third kappa shape index (κ3) is 3.85. The van der Waals surface area contributed by atoms with Crippen molar-refractivity contribution in [1.29, 1.82) is 0 Å². The summed E-state index contributed by atoms with van der Waals surface area (Å²) in [6.45, 7) is 4.29. The zero-order chi connectivity index (χ0) is 16.8. The monoisotopic (exact) mass is 361 g/mol. The van der Waals surface area contributed by atoms with E-state index in [0.29, 0.717) is 6.54 Å². The molecule has 1 aliphatic heterocycles. The van der Waals surface area contributed by atoms with Crippen LogP contribution in [0.3, 0.4) is 0 Å². The van der Waals surface area contributed by atoms with E-state index in [0.717, 1.165) is 42.3 Å². The molecule has 1 N–H and O–H groups in total. The van der Waals surface area contributed by atoms with Crippen LogP contribution in [0.5, 0.6) is 0 Å². The molecule has 24 heavy (non-hydrogen) atoms. The molecule has 5 heteroatoms. The lowest BCUT2D eigenvalue weighted by Gasteiger charge is -2.36. The van der Waals surface area contributed by atoms with Crippen LogP contribution in [-0.2, 0) is 10.2 Å². The highest BCUT2D eigenvalue weighted by Gasteiger charge is 2.35. The van der Waals surface area contributed by atoms with E-state index in [1.807, 2.05) is 24.3 Å². The van der Waals surface area contributed by atoms with E-state index in [-0.39, 0.29) is 11.3 Å². The third-order valence-electron chi connectivity index (χ3n) is 4.51. The molecule has 0 bridgehead atoms. The highest BCUT2D eigenvalue weighted by molar-refractivity contribution is 7.99. The number of thiophene rings is 1. The fraction of sp³-hybridized carbons (Fsp3) is 0.421. The van der Waals surface area contributed by atoms with Crippen molar-refractivity contribution < 1.29 is 9.53 Å². The lowest BCUT2D eigenvalue weighted by molar-refractivity contribution is 0.0498. The molecule has 2 heterocycles. The molecule has 0 unspecified atom stereocenters. The van der Waals surface area contributed by atoms with Gasteiger partial charge in [-0.25, -0.2) is 0 Å². The van der Waals surface area contributed by atoms with Crippen molar-refractivity contribution in [2.75, 3.05) is 25.5 Å². The molecule has 0 radical (unpaired) electrons. The Bertz CT molecular complexity index is 664. The van der Waals surface area contributed by atoms with Gasteiger partial charge in [0.05, 0.1) is 5.56 Å². The summed E-state index contributed by atoms with van der Waals surface area (Å²) in [6, 6.07) is 12.1. The Balaban J connectivity index is 1.74. The molecule has 3 nitrogen and oxygen atoms in total. The van der Waals surface area contributed by atoms with Gasteiger partial charge in [0.2, 0.25) is 0 Å². The maximum atomic E-state index is 12.7. The Hall–Kier alpha value is -1.30. The molecule has 0 atom stereocenters. The summed E-state index contributed by atoms with van der Waals surface area (Å²) in [6.07, 6.45) is 1.91. The van der Waals surface area contributed by atoms with Gasteiger partial charge < -0.3 is 10.1 Å². The molecule has 1 aliphatic rings. The Labute approximate surface area is 151 Å². The van der Waals surface area contributed by atoms with E-state index >= 15 is 0 Å². The summed E-state index contributed by atoms with van der Waals surface area (Å²) in [5, 5.41) is 5.31. The topological polar surface area (TPSA) is 38.3 Å². The minimum absolute atomic E-state index is 0.00885. The fourth-order valence-corrected chi connectivity index (χ4v) is 4.92. The number of amides is 1. The number of nitrogens with one attached hydrogen (secondary N) is 1. The molecule has 128 valence electrons. The van der Waals surface area contributed by atoms with Crippen molar-refractivity contribution in [2.45, 2.75) is 30.1 Å². The molecule has 1 aromatic carbocycles. The van der Waals surface area contributed by atoms with Crippen LogP contribution in [0.25, 0.3) is 0 Å². The molecular weight excluding hydrogens is 338 g/mol. The Morgan fingerprint density at radius 2 is 2.04 bits per heavy atom. The summed E-state index contributed by atoms with van der Waals surface area (Å²) in [7, 11) is 0. The third-order valence-corrected chi connectivity index (χ3v) is 6.58. The van der Waals surface area contributed by atoms with Gasteiger partial charge in [0.15, 0.2) is 0 Å². The van der Waals surface area contributed by atoms with Gasteiger partial charge in [-0.3, -0.25) is 4.79 Å². The molecule has 3 rings (SSSR count). The number of thioether (sulfide) groups is 1. The Kier molecular flexibility index (Phi) is 5.98. The summed E-state index contributed by atoms with van der Waals surface area (Å²) < 4.78 is 5.55. The Morgan fingerprint density at radius 3 is 2.75 bits per heavy atom. The van der Waals surface area contributed by atoms with Gasteiger partial charge in [0, 0.05) is 34.9 Å². The van der Waals surface area contributed by atoms with Gasteiger partial charge in [-0.15, -0.1) is 23.1 Å². The van der Waals surface area contributed by atoms with Crippen molar-refractivity contribution in [3.63, 3.8) is 0 Å². The minimum atomic E-state index is 0.00885. The predicted octanol–water partition coefficient (Wildman–Crippen LogP) is 4.34. The Morgan fingerprint density at radius 1 is 1.25 bits per heavy atom. The van der Waals surface area contributed by atoms with E-state index in [1.54, 1.807) is 23.1 Å². The molecule has 0 aliphatic carbocycles. The second-order valence-corrected chi connectivity index (χ2v) is 8.24. The summed E-state index contributed by atoms with van der Waals surface area (Å²) in [5.41, 5.74) is 0.785. The lowest BCUT2D eigenvalue weighted by atomic mass is 9.78. The van der Waals surface area contributed by atoms with Crippen LogP contribution in [0.4, 0.5) is 0 Å². The average Bonchev–Trinajstić information content (AvgIpc) is 3.17. The quantitative estimate of drug-likeness (QED) is 0.778. The van der Waals surface area contributed by atoms with E-state index < -0.39 is 0 Å². The van der Waals surface area contributed by atoms with Crippen LogP contribution in [0, 0.1) is 0 Å².